The first-order valence-corrected chi connectivity index (χ1v) is 9.94. The average molecular weight is 387 g/mol. The summed E-state index contributed by atoms with van der Waals surface area (Å²) in [6.07, 6.45) is 1.91. The van der Waals surface area contributed by atoms with Crippen molar-refractivity contribution in [3.8, 4) is 0 Å². The number of likely N-dealkylation sites (tertiary alicyclic amines) is 1. The molecule has 0 aromatic heterocycles. The van der Waals surface area contributed by atoms with Crippen LogP contribution in [0.15, 0.2) is 30.3 Å². The number of ether oxygens (including phenoxy) is 1. The van der Waals surface area contributed by atoms with E-state index in [4.69, 9.17) is 4.74 Å². The standard InChI is InChI=1S/C21H29N3O4/c1-16(17-6-4-3-5-7-17)14-19(25)22-10-8-18(9-11-22)24-15-20(26)23(21(24)27)12-13-28-2/h3-7,16,18H,8-15H2,1-2H3/t16-/m0/s1. The lowest BCUT2D eigenvalue weighted by Crippen LogP contribution is -2.48. The minimum absolute atomic E-state index is 0.0135. The first-order valence-electron chi connectivity index (χ1n) is 9.94. The van der Waals surface area contributed by atoms with Crippen LogP contribution in [0.4, 0.5) is 4.79 Å². The van der Waals surface area contributed by atoms with Crippen molar-refractivity contribution in [3.05, 3.63) is 35.9 Å². The van der Waals surface area contributed by atoms with Crippen molar-refractivity contribution < 1.29 is 19.1 Å². The molecule has 3 rings (SSSR count). The second-order valence-electron chi connectivity index (χ2n) is 7.58. The highest BCUT2D eigenvalue weighted by molar-refractivity contribution is 6.02. The molecule has 0 spiro atoms. The molecule has 1 atom stereocenters. The zero-order valence-corrected chi connectivity index (χ0v) is 16.7. The lowest BCUT2D eigenvalue weighted by Gasteiger charge is -2.36. The van der Waals surface area contributed by atoms with E-state index in [1.165, 1.54) is 10.5 Å². The van der Waals surface area contributed by atoms with Gasteiger partial charge in [0, 0.05) is 32.7 Å². The van der Waals surface area contributed by atoms with Crippen molar-refractivity contribution >= 4 is 17.8 Å². The number of urea groups is 1. The molecule has 1 aromatic rings. The van der Waals surface area contributed by atoms with E-state index in [2.05, 4.69) is 19.1 Å². The van der Waals surface area contributed by atoms with Gasteiger partial charge in [-0.2, -0.15) is 0 Å². The predicted molar refractivity (Wildman–Crippen MR) is 105 cm³/mol. The van der Waals surface area contributed by atoms with Crippen LogP contribution in [0.25, 0.3) is 0 Å². The van der Waals surface area contributed by atoms with E-state index in [1.807, 2.05) is 23.1 Å². The molecule has 0 bridgehead atoms. The third kappa shape index (κ3) is 4.52. The first kappa shape index (κ1) is 20.3. The maximum Gasteiger partial charge on any atom is 0.327 e. The average Bonchev–Trinajstić information content (AvgIpc) is 3.00. The van der Waals surface area contributed by atoms with Gasteiger partial charge in [-0.1, -0.05) is 37.3 Å². The second kappa shape index (κ2) is 9.19. The second-order valence-corrected chi connectivity index (χ2v) is 7.58. The monoisotopic (exact) mass is 387 g/mol. The van der Waals surface area contributed by atoms with Crippen molar-refractivity contribution in [2.75, 3.05) is 39.9 Å². The van der Waals surface area contributed by atoms with E-state index in [0.717, 1.165) is 0 Å². The SMILES string of the molecule is COCCN1C(=O)CN(C2CCN(C(=O)C[C@H](C)c3ccccc3)CC2)C1=O. The highest BCUT2D eigenvalue weighted by atomic mass is 16.5. The van der Waals surface area contributed by atoms with Gasteiger partial charge in [0.05, 0.1) is 13.2 Å². The molecule has 4 amide bonds. The van der Waals surface area contributed by atoms with Crippen molar-refractivity contribution in [1.82, 2.24) is 14.7 Å². The molecular formula is C21H29N3O4. The van der Waals surface area contributed by atoms with Gasteiger partial charge in [-0.3, -0.25) is 14.5 Å². The number of hydrogen-bond donors (Lipinski definition) is 0. The smallest absolute Gasteiger partial charge is 0.327 e. The lowest BCUT2D eigenvalue weighted by atomic mass is 9.96. The lowest BCUT2D eigenvalue weighted by molar-refractivity contribution is -0.133. The Balaban J connectivity index is 1.50. The molecule has 0 N–H and O–H groups in total. The Hall–Kier alpha value is -2.41. The minimum atomic E-state index is -0.232. The largest absolute Gasteiger partial charge is 0.383 e. The Labute approximate surface area is 166 Å². The number of carbonyl (C=O) groups excluding carboxylic acids is 3. The summed E-state index contributed by atoms with van der Waals surface area (Å²) in [4.78, 5) is 42.1. The molecule has 7 heteroatoms. The summed E-state index contributed by atoms with van der Waals surface area (Å²) in [6.45, 7) is 4.09. The van der Waals surface area contributed by atoms with Crippen LogP contribution in [-0.2, 0) is 14.3 Å². The van der Waals surface area contributed by atoms with E-state index in [0.29, 0.717) is 45.5 Å². The van der Waals surface area contributed by atoms with Crippen molar-refractivity contribution in [2.45, 2.75) is 38.1 Å². The Morgan fingerprint density at radius 3 is 2.50 bits per heavy atom. The molecule has 2 aliphatic heterocycles. The van der Waals surface area contributed by atoms with Gasteiger partial charge < -0.3 is 14.5 Å². The van der Waals surface area contributed by atoms with Crippen LogP contribution in [0.5, 0.6) is 0 Å². The van der Waals surface area contributed by atoms with Crippen LogP contribution in [0.1, 0.15) is 37.7 Å². The number of hydrogen-bond acceptors (Lipinski definition) is 4. The fraction of sp³-hybridized carbons (Fsp3) is 0.571. The number of amides is 4. The third-order valence-electron chi connectivity index (χ3n) is 5.71. The Kier molecular flexibility index (Phi) is 6.67. The van der Waals surface area contributed by atoms with Gasteiger partial charge in [-0.25, -0.2) is 4.79 Å². The summed E-state index contributed by atoms with van der Waals surface area (Å²) >= 11 is 0. The number of piperidine rings is 1. The van der Waals surface area contributed by atoms with Gasteiger partial charge in [0.2, 0.25) is 11.8 Å². The molecule has 2 fully saturated rings. The number of nitrogens with zero attached hydrogens (tertiary/aromatic N) is 3. The number of rotatable bonds is 7. The molecule has 7 nitrogen and oxygen atoms in total. The van der Waals surface area contributed by atoms with Crippen LogP contribution in [-0.4, -0.2) is 78.5 Å². The van der Waals surface area contributed by atoms with E-state index < -0.39 is 0 Å². The summed E-state index contributed by atoms with van der Waals surface area (Å²) in [5.41, 5.74) is 1.17. The molecule has 0 saturated carbocycles. The van der Waals surface area contributed by atoms with Gasteiger partial charge in [-0.05, 0) is 24.3 Å². The molecule has 0 radical (unpaired) electrons. The summed E-state index contributed by atoms with van der Waals surface area (Å²) in [7, 11) is 1.55. The van der Waals surface area contributed by atoms with Gasteiger partial charge in [0.25, 0.3) is 0 Å². The van der Waals surface area contributed by atoms with E-state index in [1.54, 1.807) is 12.0 Å². The number of benzene rings is 1. The molecule has 0 unspecified atom stereocenters. The number of methoxy groups -OCH3 is 1. The van der Waals surface area contributed by atoms with E-state index >= 15 is 0 Å². The maximum absolute atomic E-state index is 12.7. The van der Waals surface area contributed by atoms with Gasteiger partial charge in [0.1, 0.15) is 6.54 Å². The topological polar surface area (TPSA) is 70.2 Å². The molecule has 1 aromatic carbocycles. The van der Waals surface area contributed by atoms with E-state index in [9.17, 15) is 14.4 Å². The molecule has 2 saturated heterocycles. The Morgan fingerprint density at radius 1 is 1.18 bits per heavy atom. The quantitative estimate of drug-likeness (QED) is 0.672. The van der Waals surface area contributed by atoms with Crippen molar-refractivity contribution in [1.29, 1.82) is 0 Å². The molecule has 2 heterocycles. The van der Waals surface area contributed by atoms with Crippen LogP contribution in [0, 0.1) is 0 Å². The predicted octanol–water partition coefficient (Wildman–Crippen LogP) is 2.08. The fourth-order valence-corrected chi connectivity index (χ4v) is 3.97. The normalized spacial score (nSPS) is 19.4. The Bertz CT molecular complexity index is 701. The van der Waals surface area contributed by atoms with Crippen LogP contribution >= 0.6 is 0 Å². The van der Waals surface area contributed by atoms with Crippen LogP contribution in [0.3, 0.4) is 0 Å². The highest BCUT2D eigenvalue weighted by Crippen LogP contribution is 2.24. The van der Waals surface area contributed by atoms with Crippen molar-refractivity contribution in [3.63, 3.8) is 0 Å². The molecule has 152 valence electrons. The summed E-state index contributed by atoms with van der Waals surface area (Å²) in [5, 5.41) is 0. The van der Waals surface area contributed by atoms with Crippen LogP contribution < -0.4 is 0 Å². The van der Waals surface area contributed by atoms with Crippen LogP contribution in [0.2, 0.25) is 0 Å². The summed E-state index contributed by atoms with van der Waals surface area (Å²) < 4.78 is 4.98. The van der Waals surface area contributed by atoms with Crippen molar-refractivity contribution in [2.24, 2.45) is 0 Å². The van der Waals surface area contributed by atoms with Gasteiger partial charge >= 0.3 is 6.03 Å². The first-order chi connectivity index (χ1) is 13.5. The summed E-state index contributed by atoms with van der Waals surface area (Å²) in [5.74, 6) is 0.163. The molecule has 28 heavy (non-hydrogen) atoms. The molecular weight excluding hydrogens is 358 g/mol. The number of carbonyl (C=O) groups is 3. The molecule has 0 aliphatic carbocycles. The molecule has 2 aliphatic rings. The van der Waals surface area contributed by atoms with Gasteiger partial charge in [-0.15, -0.1) is 0 Å². The van der Waals surface area contributed by atoms with Gasteiger partial charge in [0.15, 0.2) is 0 Å². The minimum Gasteiger partial charge on any atom is -0.383 e. The fourth-order valence-electron chi connectivity index (χ4n) is 3.97. The summed E-state index contributed by atoms with van der Waals surface area (Å²) in [6, 6.07) is 9.84. The number of imide groups is 1. The highest BCUT2D eigenvalue weighted by Gasteiger charge is 2.40. The maximum atomic E-state index is 12.7. The third-order valence-corrected chi connectivity index (χ3v) is 5.71. The van der Waals surface area contributed by atoms with E-state index in [-0.39, 0.29) is 36.3 Å². The zero-order chi connectivity index (χ0) is 20.1. The zero-order valence-electron chi connectivity index (χ0n) is 16.7. The Morgan fingerprint density at radius 2 is 1.86 bits per heavy atom.